The van der Waals surface area contributed by atoms with Crippen molar-refractivity contribution >= 4 is 28.2 Å². The van der Waals surface area contributed by atoms with Gasteiger partial charge in [0.05, 0.1) is 0 Å². The van der Waals surface area contributed by atoms with Gasteiger partial charge in [-0.05, 0) is 34.5 Å². The summed E-state index contributed by atoms with van der Waals surface area (Å²) in [6, 6.07) is 23.2. The molecule has 0 fully saturated rings. The van der Waals surface area contributed by atoms with Gasteiger partial charge in [-0.25, -0.2) is 0 Å². The second-order valence-electron chi connectivity index (χ2n) is 4.80. The lowest BCUT2D eigenvalue weighted by Gasteiger charge is -2.09. The van der Waals surface area contributed by atoms with Crippen LogP contribution in [0, 0.1) is 0 Å². The molecule has 4 rings (SSSR count). The first-order valence-corrected chi connectivity index (χ1v) is 6.48. The zero-order chi connectivity index (χ0) is 12.7. The number of benzene rings is 3. The zero-order valence-electron chi connectivity index (χ0n) is 10.4. The Bertz CT molecular complexity index is 780. The molecule has 0 amide bonds. The highest BCUT2D eigenvalue weighted by Gasteiger charge is 2.15. The molecule has 0 unspecified atom stereocenters. The summed E-state index contributed by atoms with van der Waals surface area (Å²) in [5, 5.41) is 6.16. The molecule has 0 bridgehead atoms. The van der Waals surface area contributed by atoms with E-state index in [4.69, 9.17) is 0 Å². The molecule has 0 atom stereocenters. The predicted octanol–water partition coefficient (Wildman–Crippen LogP) is 4.76. The Kier molecular flexibility index (Phi) is 2.18. The van der Waals surface area contributed by atoms with Crippen LogP contribution in [0.1, 0.15) is 11.1 Å². The van der Waals surface area contributed by atoms with Crippen LogP contribution in [-0.2, 0) is 0 Å². The molecule has 0 heterocycles. The first-order valence-electron chi connectivity index (χ1n) is 6.48. The van der Waals surface area contributed by atoms with E-state index >= 15 is 0 Å². The predicted molar refractivity (Wildman–Crippen MR) is 81.9 cm³/mol. The Balaban J connectivity index is 1.84. The fourth-order valence-corrected chi connectivity index (χ4v) is 2.73. The quantitative estimate of drug-likeness (QED) is 0.684. The van der Waals surface area contributed by atoms with E-state index in [1.54, 1.807) is 0 Å². The zero-order valence-corrected chi connectivity index (χ0v) is 10.4. The average molecular weight is 243 g/mol. The van der Waals surface area contributed by atoms with Crippen LogP contribution in [0.4, 0.5) is 5.69 Å². The van der Waals surface area contributed by atoms with Crippen LogP contribution in [-0.4, -0.2) is 0 Å². The number of hydrogen-bond acceptors (Lipinski definition) is 1. The van der Waals surface area contributed by atoms with Crippen molar-refractivity contribution in [3.05, 3.63) is 77.9 Å². The van der Waals surface area contributed by atoms with E-state index in [1.165, 1.54) is 27.6 Å². The Labute approximate surface area is 112 Å². The molecule has 1 nitrogen and oxygen atoms in total. The third kappa shape index (κ3) is 1.63. The van der Waals surface area contributed by atoms with Gasteiger partial charge in [0.2, 0.25) is 0 Å². The maximum absolute atomic E-state index is 3.51. The lowest BCUT2D eigenvalue weighted by atomic mass is 10.0. The molecule has 0 saturated heterocycles. The minimum atomic E-state index is 1.12. The fraction of sp³-hybridized carbons (Fsp3) is 0. The molecule has 3 aromatic rings. The van der Waals surface area contributed by atoms with Crippen LogP contribution in [0.2, 0.25) is 0 Å². The van der Waals surface area contributed by atoms with Gasteiger partial charge in [0.25, 0.3) is 0 Å². The molecule has 0 aliphatic heterocycles. The van der Waals surface area contributed by atoms with Crippen molar-refractivity contribution < 1.29 is 0 Å². The van der Waals surface area contributed by atoms with E-state index < -0.39 is 0 Å². The van der Waals surface area contributed by atoms with Crippen molar-refractivity contribution in [3.63, 3.8) is 0 Å². The van der Waals surface area contributed by atoms with Crippen molar-refractivity contribution in [2.45, 2.75) is 0 Å². The molecule has 0 saturated carbocycles. The van der Waals surface area contributed by atoms with Gasteiger partial charge in [-0.1, -0.05) is 54.6 Å². The molecule has 1 N–H and O–H groups in total. The minimum Gasteiger partial charge on any atom is -0.355 e. The Morgan fingerprint density at radius 3 is 2.32 bits per heavy atom. The maximum atomic E-state index is 3.51. The number of rotatable bonds is 2. The van der Waals surface area contributed by atoms with Crippen LogP contribution < -0.4 is 5.32 Å². The molecule has 90 valence electrons. The van der Waals surface area contributed by atoms with Crippen molar-refractivity contribution in [3.8, 4) is 0 Å². The van der Waals surface area contributed by atoms with Gasteiger partial charge in [-0.15, -0.1) is 0 Å². The summed E-state index contributed by atoms with van der Waals surface area (Å²) >= 11 is 0. The summed E-state index contributed by atoms with van der Waals surface area (Å²) in [7, 11) is 0. The minimum absolute atomic E-state index is 1.12. The standard InChI is InChI=1S/C18H13N/c1-2-9-15(10-3-1)19-17-12-14-8-4-6-13-7-5-11-16(17)18(13)14/h1-12,19H. The lowest BCUT2D eigenvalue weighted by molar-refractivity contribution is 1.59. The summed E-state index contributed by atoms with van der Waals surface area (Å²) < 4.78 is 0. The van der Waals surface area contributed by atoms with E-state index in [-0.39, 0.29) is 0 Å². The topological polar surface area (TPSA) is 12.0 Å². The molecule has 0 radical (unpaired) electrons. The molecule has 19 heavy (non-hydrogen) atoms. The SMILES string of the molecule is C1=C(Nc2ccccc2)c2cccc3cccc1c23. The molecule has 1 aliphatic carbocycles. The molecule has 0 aromatic heterocycles. The summed E-state index contributed by atoms with van der Waals surface area (Å²) in [5.74, 6) is 0. The Hall–Kier alpha value is -2.54. The van der Waals surface area contributed by atoms with E-state index in [9.17, 15) is 0 Å². The van der Waals surface area contributed by atoms with Crippen LogP contribution in [0.5, 0.6) is 0 Å². The Morgan fingerprint density at radius 2 is 1.47 bits per heavy atom. The smallest absolute Gasteiger partial charge is 0.0470 e. The van der Waals surface area contributed by atoms with Gasteiger partial charge in [-0.2, -0.15) is 0 Å². The highest BCUT2D eigenvalue weighted by atomic mass is 14.9. The monoisotopic (exact) mass is 243 g/mol. The Morgan fingerprint density at radius 1 is 0.684 bits per heavy atom. The van der Waals surface area contributed by atoms with Crippen LogP contribution in [0.25, 0.3) is 22.5 Å². The molecular weight excluding hydrogens is 230 g/mol. The van der Waals surface area contributed by atoms with E-state index in [0.29, 0.717) is 0 Å². The lowest BCUT2D eigenvalue weighted by Crippen LogP contribution is -1.95. The van der Waals surface area contributed by atoms with Gasteiger partial charge < -0.3 is 5.32 Å². The summed E-state index contributed by atoms with van der Waals surface area (Å²) in [5.41, 5.74) is 4.89. The third-order valence-electron chi connectivity index (χ3n) is 3.58. The van der Waals surface area contributed by atoms with E-state index in [0.717, 1.165) is 5.69 Å². The van der Waals surface area contributed by atoms with E-state index in [2.05, 4.69) is 59.9 Å². The van der Waals surface area contributed by atoms with Gasteiger partial charge in [-0.3, -0.25) is 0 Å². The first-order chi connectivity index (χ1) is 9.42. The van der Waals surface area contributed by atoms with Gasteiger partial charge in [0.15, 0.2) is 0 Å². The van der Waals surface area contributed by atoms with Crippen molar-refractivity contribution in [1.29, 1.82) is 0 Å². The van der Waals surface area contributed by atoms with Gasteiger partial charge >= 0.3 is 0 Å². The van der Waals surface area contributed by atoms with E-state index in [1.807, 2.05) is 18.2 Å². The normalized spacial score (nSPS) is 12.5. The van der Waals surface area contributed by atoms with Gasteiger partial charge in [0, 0.05) is 16.9 Å². The second-order valence-corrected chi connectivity index (χ2v) is 4.80. The number of hydrogen-bond donors (Lipinski definition) is 1. The largest absolute Gasteiger partial charge is 0.355 e. The first kappa shape index (κ1) is 10.4. The van der Waals surface area contributed by atoms with Crippen molar-refractivity contribution in [2.75, 3.05) is 5.32 Å². The van der Waals surface area contributed by atoms with Crippen molar-refractivity contribution in [1.82, 2.24) is 0 Å². The third-order valence-corrected chi connectivity index (χ3v) is 3.58. The number of nitrogens with one attached hydrogen (secondary N) is 1. The highest BCUT2D eigenvalue weighted by Crippen LogP contribution is 2.36. The maximum Gasteiger partial charge on any atom is 0.0470 e. The highest BCUT2D eigenvalue weighted by molar-refractivity contribution is 6.11. The number of anilines is 1. The van der Waals surface area contributed by atoms with Crippen molar-refractivity contribution in [2.24, 2.45) is 0 Å². The molecule has 1 heteroatoms. The molecule has 0 spiro atoms. The summed E-state index contributed by atoms with van der Waals surface area (Å²) in [6.45, 7) is 0. The average Bonchev–Trinajstić information content (AvgIpc) is 2.81. The fourth-order valence-electron chi connectivity index (χ4n) is 2.73. The second kappa shape index (κ2) is 3.99. The van der Waals surface area contributed by atoms with Gasteiger partial charge in [0.1, 0.15) is 0 Å². The molecule has 1 aliphatic rings. The molecule has 3 aromatic carbocycles. The van der Waals surface area contributed by atoms with Crippen LogP contribution in [0.3, 0.4) is 0 Å². The van der Waals surface area contributed by atoms with Crippen LogP contribution in [0.15, 0.2) is 66.7 Å². The summed E-state index contributed by atoms with van der Waals surface area (Å²) in [4.78, 5) is 0. The number of para-hydroxylation sites is 1. The summed E-state index contributed by atoms with van der Waals surface area (Å²) in [6.07, 6.45) is 2.23. The van der Waals surface area contributed by atoms with Crippen LogP contribution >= 0.6 is 0 Å². The molecular formula is C18H13N.